The van der Waals surface area contributed by atoms with Crippen LogP contribution in [0.2, 0.25) is 0 Å². The van der Waals surface area contributed by atoms with Crippen molar-refractivity contribution in [2.45, 2.75) is 6.54 Å². The Hall–Kier alpha value is -1.71. The summed E-state index contributed by atoms with van der Waals surface area (Å²) in [5, 5.41) is 7.57. The van der Waals surface area contributed by atoms with Crippen LogP contribution in [0.25, 0.3) is 0 Å². The van der Waals surface area contributed by atoms with Gasteiger partial charge in [0, 0.05) is 6.20 Å². The van der Waals surface area contributed by atoms with Gasteiger partial charge in [0.2, 0.25) is 0 Å². The second-order valence-electron chi connectivity index (χ2n) is 3.04. The van der Waals surface area contributed by atoms with E-state index in [4.69, 9.17) is 0 Å². The molecule has 1 radical (unpaired) electrons. The average Bonchev–Trinajstić information content (AvgIpc) is 2.51. The summed E-state index contributed by atoms with van der Waals surface area (Å²) in [5.74, 6) is -0.238. The summed E-state index contributed by atoms with van der Waals surface area (Å²) >= 11 is 0. The molecular weight excluding hydrogens is 181 g/mol. The zero-order valence-electron chi connectivity index (χ0n) is 7.52. The Morgan fingerprint density at radius 3 is 2.93 bits per heavy atom. The molecule has 0 atom stereocenters. The molecule has 0 aliphatic carbocycles. The van der Waals surface area contributed by atoms with Crippen molar-refractivity contribution in [2.75, 3.05) is 0 Å². The van der Waals surface area contributed by atoms with E-state index in [1.165, 1.54) is 12.1 Å². The molecule has 2 rings (SSSR count). The lowest BCUT2D eigenvalue weighted by Crippen LogP contribution is -2.00. The van der Waals surface area contributed by atoms with Gasteiger partial charge in [-0.2, -0.15) is 0 Å². The first-order valence-corrected chi connectivity index (χ1v) is 4.20. The molecule has 0 fully saturated rings. The van der Waals surface area contributed by atoms with Gasteiger partial charge in [-0.15, -0.1) is 5.10 Å². The second kappa shape index (κ2) is 3.57. The Labute approximate surface area is 81.2 Å². The van der Waals surface area contributed by atoms with Crippen LogP contribution in [0.3, 0.4) is 0 Å². The van der Waals surface area contributed by atoms with E-state index in [1.54, 1.807) is 16.9 Å². The molecule has 0 aliphatic heterocycles. The lowest BCUT2D eigenvalue weighted by molar-refractivity contribution is 0.614. The molecule has 4 heteroatoms. The van der Waals surface area contributed by atoms with Crippen molar-refractivity contribution in [1.82, 2.24) is 15.0 Å². The highest BCUT2D eigenvalue weighted by Crippen LogP contribution is 2.05. The molecule has 14 heavy (non-hydrogen) atoms. The van der Waals surface area contributed by atoms with Gasteiger partial charge in [-0.05, 0) is 24.6 Å². The first kappa shape index (κ1) is 8.87. The molecule has 0 saturated carbocycles. The summed E-state index contributed by atoms with van der Waals surface area (Å²) < 4.78 is 14.4. The molecule has 3 nitrogen and oxygen atoms in total. The maximum atomic E-state index is 12.8. The molecule has 0 N–H and O–H groups in total. The molecule has 0 amide bonds. The summed E-state index contributed by atoms with van der Waals surface area (Å²) in [4.78, 5) is 0. The topological polar surface area (TPSA) is 30.7 Å². The third kappa shape index (κ3) is 1.96. The van der Waals surface area contributed by atoms with Gasteiger partial charge in [-0.3, -0.25) is 0 Å². The Bertz CT molecular complexity index is 436. The highest BCUT2D eigenvalue weighted by molar-refractivity contribution is 5.16. The normalized spacial score (nSPS) is 10.4. The summed E-state index contributed by atoms with van der Waals surface area (Å²) in [7, 11) is 0. The van der Waals surface area contributed by atoms with Crippen LogP contribution in [-0.2, 0) is 6.54 Å². The summed E-state index contributed by atoms with van der Waals surface area (Å²) in [6.45, 7) is 4.15. The van der Waals surface area contributed by atoms with Gasteiger partial charge >= 0.3 is 0 Å². The van der Waals surface area contributed by atoms with E-state index in [1.807, 2.05) is 6.07 Å². The molecule has 0 aliphatic rings. The largest absolute Gasteiger partial charge is 0.248 e. The molecule has 1 aromatic heterocycles. The fourth-order valence-corrected chi connectivity index (χ4v) is 1.24. The van der Waals surface area contributed by atoms with Crippen LogP contribution in [0.1, 0.15) is 11.3 Å². The van der Waals surface area contributed by atoms with Crippen molar-refractivity contribution in [3.05, 3.63) is 54.5 Å². The van der Waals surface area contributed by atoms with Gasteiger partial charge in [0.25, 0.3) is 0 Å². The van der Waals surface area contributed by atoms with Gasteiger partial charge in [-0.1, -0.05) is 17.3 Å². The van der Waals surface area contributed by atoms with E-state index < -0.39 is 0 Å². The standard InChI is InChI=1S/C10H9FN3/c1-8-6-14(13-12-8)7-9-3-2-4-10(11)5-9/h2-6H,1,7H2. The van der Waals surface area contributed by atoms with Crippen LogP contribution in [0, 0.1) is 12.7 Å². The maximum Gasteiger partial charge on any atom is 0.123 e. The molecule has 0 unspecified atom stereocenters. The van der Waals surface area contributed by atoms with E-state index in [9.17, 15) is 4.39 Å². The number of hydrogen-bond acceptors (Lipinski definition) is 2. The van der Waals surface area contributed by atoms with Gasteiger partial charge in [0.1, 0.15) is 5.82 Å². The van der Waals surface area contributed by atoms with Crippen molar-refractivity contribution < 1.29 is 4.39 Å². The van der Waals surface area contributed by atoms with Crippen LogP contribution in [0.4, 0.5) is 4.39 Å². The van der Waals surface area contributed by atoms with Crippen molar-refractivity contribution in [2.24, 2.45) is 0 Å². The summed E-state index contributed by atoms with van der Waals surface area (Å²) in [6.07, 6.45) is 1.71. The molecule has 71 valence electrons. The second-order valence-corrected chi connectivity index (χ2v) is 3.04. The molecule has 1 heterocycles. The zero-order valence-corrected chi connectivity index (χ0v) is 7.52. The molecule has 1 aromatic carbocycles. The SMILES string of the molecule is [CH2]c1cn(Cc2cccc(F)c2)nn1. The smallest absolute Gasteiger partial charge is 0.123 e. The molecule has 2 aromatic rings. The first-order valence-electron chi connectivity index (χ1n) is 4.20. The van der Waals surface area contributed by atoms with Gasteiger partial charge in [0.15, 0.2) is 0 Å². The van der Waals surface area contributed by atoms with Crippen LogP contribution in [0.5, 0.6) is 0 Å². The predicted octanol–water partition coefficient (Wildman–Crippen LogP) is 1.65. The minimum Gasteiger partial charge on any atom is -0.248 e. The van der Waals surface area contributed by atoms with Gasteiger partial charge < -0.3 is 0 Å². The highest BCUT2D eigenvalue weighted by Gasteiger charge is 1.98. The Morgan fingerprint density at radius 2 is 2.29 bits per heavy atom. The fraction of sp³-hybridized carbons (Fsp3) is 0.100. The van der Waals surface area contributed by atoms with Crippen LogP contribution < -0.4 is 0 Å². The van der Waals surface area contributed by atoms with Crippen LogP contribution in [0.15, 0.2) is 30.5 Å². The van der Waals surface area contributed by atoms with Gasteiger partial charge in [-0.25, -0.2) is 9.07 Å². The van der Waals surface area contributed by atoms with Crippen molar-refractivity contribution in [3.63, 3.8) is 0 Å². The minimum absolute atomic E-state index is 0.238. The molecule has 0 spiro atoms. The Balaban J connectivity index is 2.18. The van der Waals surface area contributed by atoms with Gasteiger partial charge in [0.05, 0.1) is 12.2 Å². The number of benzene rings is 1. The minimum atomic E-state index is -0.238. The van der Waals surface area contributed by atoms with Crippen molar-refractivity contribution in [3.8, 4) is 0 Å². The first-order chi connectivity index (χ1) is 6.74. The Morgan fingerprint density at radius 1 is 1.43 bits per heavy atom. The van der Waals surface area contributed by atoms with E-state index in [-0.39, 0.29) is 5.82 Å². The summed E-state index contributed by atoms with van der Waals surface area (Å²) in [6, 6.07) is 6.41. The van der Waals surface area contributed by atoms with E-state index in [0.717, 1.165) is 5.56 Å². The third-order valence-corrected chi connectivity index (χ3v) is 1.82. The number of halogens is 1. The highest BCUT2D eigenvalue weighted by atomic mass is 19.1. The number of aromatic nitrogens is 3. The van der Waals surface area contributed by atoms with Crippen LogP contribution in [-0.4, -0.2) is 15.0 Å². The molecule has 0 saturated heterocycles. The van der Waals surface area contributed by atoms with Crippen molar-refractivity contribution >= 4 is 0 Å². The zero-order chi connectivity index (χ0) is 9.97. The van der Waals surface area contributed by atoms with E-state index in [0.29, 0.717) is 12.2 Å². The van der Waals surface area contributed by atoms with E-state index >= 15 is 0 Å². The number of nitrogens with zero attached hydrogens (tertiary/aromatic N) is 3. The van der Waals surface area contributed by atoms with Crippen molar-refractivity contribution in [1.29, 1.82) is 0 Å². The quantitative estimate of drug-likeness (QED) is 0.720. The lowest BCUT2D eigenvalue weighted by atomic mass is 10.2. The number of rotatable bonds is 2. The third-order valence-electron chi connectivity index (χ3n) is 1.82. The molecular formula is C10H9FN3. The number of hydrogen-bond donors (Lipinski definition) is 0. The van der Waals surface area contributed by atoms with E-state index in [2.05, 4.69) is 17.2 Å². The summed E-state index contributed by atoms with van der Waals surface area (Å²) in [5.41, 5.74) is 1.47. The lowest BCUT2D eigenvalue weighted by Gasteiger charge is -1.99. The van der Waals surface area contributed by atoms with Crippen LogP contribution >= 0.6 is 0 Å². The Kier molecular flexibility index (Phi) is 2.26. The fourth-order valence-electron chi connectivity index (χ4n) is 1.24. The predicted molar refractivity (Wildman–Crippen MR) is 50.0 cm³/mol. The average molecular weight is 190 g/mol. The monoisotopic (exact) mass is 190 g/mol. The maximum absolute atomic E-state index is 12.8. The molecule has 0 bridgehead atoms.